The molecular weight excluding hydrogens is 308 g/mol. The molecule has 0 bridgehead atoms. The van der Waals surface area contributed by atoms with Gasteiger partial charge in [0.05, 0.1) is 5.69 Å². The third-order valence-electron chi connectivity index (χ3n) is 3.80. The highest BCUT2D eigenvalue weighted by molar-refractivity contribution is 7.98. The second-order valence-electron chi connectivity index (χ2n) is 5.08. The number of nitrogens with zero attached hydrogens (tertiary/aromatic N) is 3. The molecule has 1 heterocycles. The second-order valence-corrected chi connectivity index (χ2v) is 5.88. The van der Waals surface area contributed by atoms with Crippen molar-refractivity contribution in [1.82, 2.24) is 9.97 Å². The normalized spacial score (nSPS) is 10.4. The highest BCUT2D eigenvalue weighted by Crippen LogP contribution is 2.28. The molecule has 0 radical (unpaired) electrons. The van der Waals surface area contributed by atoms with E-state index < -0.39 is 5.56 Å². The van der Waals surface area contributed by atoms with Crippen LogP contribution in [0.5, 0.6) is 0 Å². The molecule has 2 rings (SSSR count). The van der Waals surface area contributed by atoms with Gasteiger partial charge in [0.2, 0.25) is 0 Å². The summed E-state index contributed by atoms with van der Waals surface area (Å²) in [7, 11) is 0. The zero-order valence-corrected chi connectivity index (χ0v) is 14.6. The Labute approximate surface area is 140 Å². The molecule has 0 unspecified atom stereocenters. The molecule has 0 aliphatic heterocycles. The van der Waals surface area contributed by atoms with E-state index in [1.165, 1.54) is 11.8 Å². The van der Waals surface area contributed by atoms with Crippen LogP contribution in [0.25, 0.3) is 11.3 Å². The summed E-state index contributed by atoms with van der Waals surface area (Å²) in [5, 5.41) is 9.82. The molecule has 2 aromatic rings. The summed E-state index contributed by atoms with van der Waals surface area (Å²) in [5.41, 5.74) is 3.05. The highest BCUT2D eigenvalue weighted by atomic mass is 32.2. The number of aromatic nitrogens is 2. The van der Waals surface area contributed by atoms with Crippen LogP contribution < -0.4 is 10.5 Å². The van der Waals surface area contributed by atoms with Crippen molar-refractivity contribution in [3.8, 4) is 17.3 Å². The first-order valence-electron chi connectivity index (χ1n) is 7.50. The molecule has 0 aliphatic rings. The molecule has 1 N–H and O–H groups in total. The van der Waals surface area contributed by atoms with Crippen molar-refractivity contribution in [3.63, 3.8) is 0 Å². The van der Waals surface area contributed by atoms with Crippen LogP contribution in [0.1, 0.15) is 25.0 Å². The molecule has 5 nitrogen and oxygen atoms in total. The number of anilines is 1. The summed E-state index contributed by atoms with van der Waals surface area (Å²) in [6, 6.07) is 8.00. The number of nitrogens with one attached hydrogen (secondary N) is 1. The fraction of sp³-hybridized carbons (Fsp3) is 0.353. The predicted octanol–water partition coefficient (Wildman–Crippen LogP) is 3.19. The van der Waals surface area contributed by atoms with Gasteiger partial charge in [0.25, 0.3) is 5.56 Å². The van der Waals surface area contributed by atoms with Crippen LogP contribution in [0.2, 0.25) is 0 Å². The van der Waals surface area contributed by atoms with Crippen LogP contribution >= 0.6 is 11.8 Å². The molecular formula is C17H20N4OS. The zero-order chi connectivity index (χ0) is 17.0. The van der Waals surface area contributed by atoms with Crippen molar-refractivity contribution in [1.29, 1.82) is 5.26 Å². The Morgan fingerprint density at radius 1 is 1.35 bits per heavy atom. The minimum atomic E-state index is -0.394. The van der Waals surface area contributed by atoms with E-state index in [9.17, 15) is 10.1 Å². The highest BCUT2D eigenvalue weighted by Gasteiger charge is 2.15. The van der Waals surface area contributed by atoms with Gasteiger partial charge in [-0.25, -0.2) is 4.98 Å². The number of hydrogen-bond donors (Lipinski definition) is 1. The number of thioether (sulfide) groups is 1. The van der Waals surface area contributed by atoms with Crippen LogP contribution in [-0.4, -0.2) is 29.3 Å². The third-order valence-corrected chi connectivity index (χ3v) is 4.38. The molecule has 0 amide bonds. The number of H-pyrrole nitrogens is 1. The zero-order valence-electron chi connectivity index (χ0n) is 13.8. The van der Waals surface area contributed by atoms with E-state index in [2.05, 4.69) is 34.8 Å². The van der Waals surface area contributed by atoms with Crippen LogP contribution in [0.3, 0.4) is 0 Å². The summed E-state index contributed by atoms with van der Waals surface area (Å²) in [6.07, 6.45) is 1.84. The van der Waals surface area contributed by atoms with E-state index in [1.807, 2.05) is 31.4 Å². The van der Waals surface area contributed by atoms with Gasteiger partial charge >= 0.3 is 0 Å². The first-order chi connectivity index (χ1) is 11.0. The van der Waals surface area contributed by atoms with Gasteiger partial charge in [0, 0.05) is 24.3 Å². The molecule has 0 spiro atoms. The molecule has 23 heavy (non-hydrogen) atoms. The molecule has 6 heteroatoms. The minimum Gasteiger partial charge on any atom is -0.372 e. The van der Waals surface area contributed by atoms with E-state index in [1.54, 1.807) is 0 Å². The minimum absolute atomic E-state index is 0.0569. The first kappa shape index (κ1) is 17.1. The Bertz CT molecular complexity index is 803. The SMILES string of the molecule is CCN(CC)c1ccc(-c2nc(SC)[nH]c(=O)c2C#N)c(C)c1. The lowest BCUT2D eigenvalue weighted by Crippen LogP contribution is -2.21. The van der Waals surface area contributed by atoms with Crippen molar-refractivity contribution in [2.45, 2.75) is 25.9 Å². The summed E-state index contributed by atoms with van der Waals surface area (Å²) >= 11 is 1.35. The number of aromatic amines is 1. The summed E-state index contributed by atoms with van der Waals surface area (Å²) in [5.74, 6) is 0. The van der Waals surface area contributed by atoms with Gasteiger partial charge in [-0.1, -0.05) is 17.8 Å². The lowest BCUT2D eigenvalue weighted by atomic mass is 10.0. The van der Waals surface area contributed by atoms with Gasteiger partial charge in [-0.3, -0.25) is 4.79 Å². The van der Waals surface area contributed by atoms with Crippen LogP contribution in [0.4, 0.5) is 5.69 Å². The molecule has 1 aromatic heterocycles. The number of rotatable bonds is 5. The number of aryl methyl sites for hydroxylation is 1. The van der Waals surface area contributed by atoms with Crippen molar-refractivity contribution in [3.05, 3.63) is 39.7 Å². The number of nitriles is 1. The average molecular weight is 328 g/mol. The number of hydrogen-bond acceptors (Lipinski definition) is 5. The molecule has 120 valence electrons. The average Bonchev–Trinajstić information content (AvgIpc) is 2.55. The van der Waals surface area contributed by atoms with Crippen molar-refractivity contribution >= 4 is 17.4 Å². The van der Waals surface area contributed by atoms with Gasteiger partial charge < -0.3 is 9.88 Å². The summed E-state index contributed by atoms with van der Waals surface area (Å²) in [4.78, 5) is 21.4. The van der Waals surface area contributed by atoms with E-state index in [0.29, 0.717) is 10.9 Å². The Kier molecular flexibility index (Phi) is 5.45. The Balaban J connectivity index is 2.62. The fourth-order valence-electron chi connectivity index (χ4n) is 2.55. The Morgan fingerprint density at radius 3 is 2.57 bits per heavy atom. The summed E-state index contributed by atoms with van der Waals surface area (Å²) in [6.45, 7) is 8.06. The van der Waals surface area contributed by atoms with Gasteiger partial charge in [0.15, 0.2) is 5.16 Å². The summed E-state index contributed by atoms with van der Waals surface area (Å²) < 4.78 is 0. The van der Waals surface area contributed by atoms with Gasteiger partial charge in [0.1, 0.15) is 11.6 Å². The largest absolute Gasteiger partial charge is 0.372 e. The van der Waals surface area contributed by atoms with Crippen LogP contribution in [0.15, 0.2) is 28.2 Å². The van der Waals surface area contributed by atoms with Crippen molar-refractivity contribution < 1.29 is 0 Å². The second kappa shape index (κ2) is 7.34. The molecule has 0 saturated carbocycles. The molecule has 0 saturated heterocycles. The maximum absolute atomic E-state index is 12.1. The molecule has 0 aliphatic carbocycles. The lowest BCUT2D eigenvalue weighted by molar-refractivity contribution is 0.865. The smallest absolute Gasteiger partial charge is 0.270 e. The lowest BCUT2D eigenvalue weighted by Gasteiger charge is -2.22. The standard InChI is InChI=1S/C17H20N4OS/c1-5-21(6-2)12-7-8-13(11(3)9-12)15-14(10-18)16(22)20-17(19-15)23-4/h7-9H,5-6H2,1-4H3,(H,19,20,22). The topological polar surface area (TPSA) is 72.8 Å². The van der Waals surface area contributed by atoms with Gasteiger partial charge in [-0.05, 0) is 44.7 Å². The third kappa shape index (κ3) is 3.40. The maximum Gasteiger partial charge on any atom is 0.270 e. The van der Waals surface area contributed by atoms with Crippen LogP contribution in [0, 0.1) is 18.3 Å². The quantitative estimate of drug-likeness (QED) is 0.674. The van der Waals surface area contributed by atoms with E-state index >= 15 is 0 Å². The van der Waals surface area contributed by atoms with Gasteiger partial charge in [-0.2, -0.15) is 5.26 Å². The molecule has 0 fully saturated rings. The first-order valence-corrected chi connectivity index (χ1v) is 8.72. The Hall–Kier alpha value is -2.26. The van der Waals surface area contributed by atoms with Crippen molar-refractivity contribution in [2.24, 2.45) is 0 Å². The van der Waals surface area contributed by atoms with E-state index in [-0.39, 0.29) is 5.56 Å². The van der Waals surface area contributed by atoms with E-state index in [0.717, 1.165) is 29.9 Å². The molecule has 1 aromatic carbocycles. The van der Waals surface area contributed by atoms with Crippen molar-refractivity contribution in [2.75, 3.05) is 24.2 Å². The maximum atomic E-state index is 12.1. The van der Waals surface area contributed by atoms with Crippen LogP contribution in [-0.2, 0) is 0 Å². The van der Waals surface area contributed by atoms with Gasteiger partial charge in [-0.15, -0.1) is 0 Å². The van der Waals surface area contributed by atoms with E-state index in [4.69, 9.17) is 0 Å². The Morgan fingerprint density at radius 2 is 2.04 bits per heavy atom. The monoisotopic (exact) mass is 328 g/mol. The number of benzene rings is 1. The molecule has 0 atom stereocenters. The fourth-order valence-corrected chi connectivity index (χ4v) is 2.92. The predicted molar refractivity (Wildman–Crippen MR) is 95.1 cm³/mol.